The van der Waals surface area contributed by atoms with Crippen LogP contribution in [0.1, 0.15) is 23.2 Å². The molecule has 0 saturated heterocycles. The molecule has 0 aliphatic heterocycles. The van der Waals surface area contributed by atoms with E-state index in [-0.39, 0.29) is 17.4 Å². The van der Waals surface area contributed by atoms with E-state index >= 15 is 0 Å². The SMILES string of the molecule is O=C(CSc1cccc(NC(=O)C2CC=CCC2C(=O)O)c1)c1ccc(Cl)cc1. The average molecular weight is 430 g/mol. The number of aliphatic carboxylic acids is 1. The zero-order valence-electron chi connectivity index (χ0n) is 15.5. The number of carboxylic acid groups (broad SMARTS) is 1. The molecule has 0 radical (unpaired) electrons. The normalized spacial score (nSPS) is 18.2. The number of rotatable bonds is 7. The molecule has 29 heavy (non-hydrogen) atoms. The van der Waals surface area contributed by atoms with Gasteiger partial charge in [-0.25, -0.2) is 0 Å². The van der Waals surface area contributed by atoms with Crippen LogP contribution in [0.4, 0.5) is 5.69 Å². The molecule has 2 aromatic carbocycles. The highest BCUT2D eigenvalue weighted by Crippen LogP contribution is 2.28. The van der Waals surface area contributed by atoms with Gasteiger partial charge in [-0.05, 0) is 55.3 Å². The summed E-state index contributed by atoms with van der Waals surface area (Å²) in [6.07, 6.45) is 4.42. The molecule has 0 spiro atoms. The summed E-state index contributed by atoms with van der Waals surface area (Å²) >= 11 is 7.21. The van der Waals surface area contributed by atoms with E-state index in [0.29, 0.717) is 29.1 Å². The lowest BCUT2D eigenvalue weighted by molar-refractivity contribution is -0.146. The second-order valence-electron chi connectivity index (χ2n) is 6.73. The van der Waals surface area contributed by atoms with Crippen LogP contribution in [-0.4, -0.2) is 28.5 Å². The van der Waals surface area contributed by atoms with Gasteiger partial charge in [0.15, 0.2) is 5.78 Å². The Morgan fingerprint density at radius 2 is 1.72 bits per heavy atom. The smallest absolute Gasteiger partial charge is 0.307 e. The molecule has 0 bridgehead atoms. The minimum Gasteiger partial charge on any atom is -0.481 e. The van der Waals surface area contributed by atoms with Crippen LogP contribution in [0.5, 0.6) is 0 Å². The molecular weight excluding hydrogens is 410 g/mol. The fraction of sp³-hybridized carbons (Fsp3) is 0.227. The first kappa shape index (κ1) is 21.1. The summed E-state index contributed by atoms with van der Waals surface area (Å²) in [5, 5.41) is 12.7. The van der Waals surface area contributed by atoms with Crippen LogP contribution in [0, 0.1) is 11.8 Å². The first-order valence-corrected chi connectivity index (χ1v) is 10.5. The monoisotopic (exact) mass is 429 g/mol. The molecule has 1 amide bonds. The third-order valence-corrected chi connectivity index (χ3v) is 5.97. The van der Waals surface area contributed by atoms with Crippen LogP contribution in [-0.2, 0) is 9.59 Å². The van der Waals surface area contributed by atoms with Crippen molar-refractivity contribution in [3.63, 3.8) is 0 Å². The number of Topliss-reactive ketones (excluding diaryl/α,β-unsaturated/α-hetero) is 1. The fourth-order valence-electron chi connectivity index (χ4n) is 3.14. The molecule has 5 nitrogen and oxygen atoms in total. The van der Waals surface area contributed by atoms with Crippen molar-refractivity contribution in [1.29, 1.82) is 0 Å². The molecule has 0 aromatic heterocycles. The van der Waals surface area contributed by atoms with Crippen molar-refractivity contribution < 1.29 is 19.5 Å². The van der Waals surface area contributed by atoms with Crippen LogP contribution in [0.15, 0.2) is 65.6 Å². The summed E-state index contributed by atoms with van der Waals surface area (Å²) in [4.78, 5) is 37.1. The Morgan fingerprint density at radius 3 is 2.41 bits per heavy atom. The fourth-order valence-corrected chi connectivity index (χ4v) is 4.12. The van der Waals surface area contributed by atoms with Crippen molar-refractivity contribution in [2.75, 3.05) is 11.1 Å². The molecule has 3 rings (SSSR count). The van der Waals surface area contributed by atoms with E-state index in [1.54, 1.807) is 48.5 Å². The van der Waals surface area contributed by atoms with E-state index in [9.17, 15) is 19.5 Å². The summed E-state index contributed by atoms with van der Waals surface area (Å²) in [5.74, 6) is -2.33. The number of anilines is 1. The Kier molecular flexibility index (Phi) is 7.12. The third-order valence-electron chi connectivity index (χ3n) is 4.72. The highest BCUT2D eigenvalue weighted by molar-refractivity contribution is 8.00. The second kappa shape index (κ2) is 9.76. The van der Waals surface area contributed by atoms with E-state index in [2.05, 4.69) is 5.32 Å². The van der Waals surface area contributed by atoms with Gasteiger partial charge in [0, 0.05) is 21.2 Å². The minimum atomic E-state index is -0.959. The number of nitrogens with one attached hydrogen (secondary N) is 1. The highest BCUT2D eigenvalue weighted by Gasteiger charge is 2.33. The zero-order valence-corrected chi connectivity index (χ0v) is 17.1. The molecule has 2 unspecified atom stereocenters. The standard InChI is InChI=1S/C22H20ClNO4S/c23-15-10-8-14(9-11-15)20(25)13-29-17-5-3-4-16(12-17)24-21(26)18-6-1-2-7-19(18)22(27)28/h1-5,8-12,18-19H,6-7,13H2,(H,24,26)(H,27,28). The Bertz CT molecular complexity index is 942. The second-order valence-corrected chi connectivity index (χ2v) is 8.22. The topological polar surface area (TPSA) is 83.5 Å². The number of hydrogen-bond donors (Lipinski definition) is 2. The molecule has 2 atom stereocenters. The van der Waals surface area contributed by atoms with Crippen molar-refractivity contribution in [1.82, 2.24) is 0 Å². The van der Waals surface area contributed by atoms with Crippen molar-refractivity contribution in [3.05, 3.63) is 71.3 Å². The number of carboxylic acids is 1. The van der Waals surface area contributed by atoms with Gasteiger partial charge in [-0.3, -0.25) is 14.4 Å². The lowest BCUT2D eigenvalue weighted by atomic mass is 9.82. The Morgan fingerprint density at radius 1 is 1.03 bits per heavy atom. The van der Waals surface area contributed by atoms with Gasteiger partial charge in [-0.2, -0.15) is 0 Å². The van der Waals surface area contributed by atoms with Gasteiger partial charge < -0.3 is 10.4 Å². The molecule has 0 fully saturated rings. The third kappa shape index (κ3) is 5.71. The summed E-state index contributed by atoms with van der Waals surface area (Å²) < 4.78 is 0. The van der Waals surface area contributed by atoms with Gasteiger partial charge in [-0.15, -0.1) is 11.8 Å². The minimum absolute atomic E-state index is 0.0144. The summed E-state index contributed by atoms with van der Waals surface area (Å²) in [7, 11) is 0. The highest BCUT2D eigenvalue weighted by atomic mass is 35.5. The van der Waals surface area contributed by atoms with E-state index in [1.807, 2.05) is 12.1 Å². The summed E-state index contributed by atoms with van der Waals surface area (Å²) in [6, 6.07) is 13.9. The number of carbonyl (C=O) groups excluding carboxylic acids is 2. The van der Waals surface area contributed by atoms with Crippen LogP contribution in [0.3, 0.4) is 0 Å². The molecule has 0 heterocycles. The molecule has 7 heteroatoms. The van der Waals surface area contributed by atoms with Crippen LogP contribution in [0.25, 0.3) is 0 Å². The lowest BCUT2D eigenvalue weighted by Crippen LogP contribution is -2.34. The summed E-state index contributed by atoms with van der Waals surface area (Å²) in [5.41, 5.74) is 1.18. The molecule has 1 aliphatic carbocycles. The van der Waals surface area contributed by atoms with Crippen molar-refractivity contribution in [3.8, 4) is 0 Å². The number of carbonyl (C=O) groups is 3. The quantitative estimate of drug-likeness (QED) is 0.370. The Balaban J connectivity index is 1.61. The maximum Gasteiger partial charge on any atom is 0.307 e. The number of thioether (sulfide) groups is 1. The average Bonchev–Trinajstić information content (AvgIpc) is 2.72. The molecular formula is C22H20ClNO4S. The predicted molar refractivity (Wildman–Crippen MR) is 115 cm³/mol. The predicted octanol–water partition coefficient (Wildman–Crippen LogP) is 4.92. The zero-order chi connectivity index (χ0) is 20.8. The van der Waals surface area contributed by atoms with Gasteiger partial charge in [0.05, 0.1) is 17.6 Å². The summed E-state index contributed by atoms with van der Waals surface area (Å²) in [6.45, 7) is 0. The number of halogens is 1. The van der Waals surface area contributed by atoms with E-state index in [4.69, 9.17) is 11.6 Å². The largest absolute Gasteiger partial charge is 0.481 e. The van der Waals surface area contributed by atoms with Gasteiger partial charge in [0.25, 0.3) is 0 Å². The van der Waals surface area contributed by atoms with Crippen molar-refractivity contribution in [2.45, 2.75) is 17.7 Å². The molecule has 1 aliphatic rings. The Labute approximate surface area is 178 Å². The van der Waals surface area contributed by atoms with Crippen LogP contribution >= 0.6 is 23.4 Å². The molecule has 2 N–H and O–H groups in total. The van der Waals surface area contributed by atoms with Crippen LogP contribution in [0.2, 0.25) is 5.02 Å². The molecule has 0 saturated carbocycles. The number of ketones is 1. The van der Waals surface area contributed by atoms with Gasteiger partial charge in [0.1, 0.15) is 0 Å². The Hall–Kier alpha value is -2.57. The first-order valence-electron chi connectivity index (χ1n) is 9.14. The number of allylic oxidation sites excluding steroid dienone is 2. The number of amides is 1. The van der Waals surface area contributed by atoms with Crippen molar-refractivity contribution in [2.24, 2.45) is 11.8 Å². The van der Waals surface area contributed by atoms with E-state index in [1.165, 1.54) is 11.8 Å². The van der Waals surface area contributed by atoms with Crippen molar-refractivity contribution >= 4 is 46.7 Å². The lowest BCUT2D eigenvalue weighted by Gasteiger charge is -2.24. The van der Waals surface area contributed by atoms with E-state index in [0.717, 1.165) is 4.90 Å². The maximum absolute atomic E-state index is 12.6. The number of benzene rings is 2. The maximum atomic E-state index is 12.6. The number of hydrogen-bond acceptors (Lipinski definition) is 4. The van der Waals surface area contributed by atoms with Gasteiger partial charge in [-0.1, -0.05) is 29.8 Å². The van der Waals surface area contributed by atoms with Gasteiger partial charge >= 0.3 is 5.97 Å². The molecule has 2 aromatic rings. The first-order chi connectivity index (χ1) is 13.9. The molecule has 150 valence electrons. The van der Waals surface area contributed by atoms with Gasteiger partial charge in [0.2, 0.25) is 5.91 Å². The van der Waals surface area contributed by atoms with Crippen LogP contribution < -0.4 is 5.32 Å². The van der Waals surface area contributed by atoms with E-state index < -0.39 is 17.8 Å².